The van der Waals surface area contributed by atoms with E-state index in [0.29, 0.717) is 17.9 Å². The fraction of sp³-hybridized carbons (Fsp3) is 0.550. The van der Waals surface area contributed by atoms with Crippen molar-refractivity contribution in [3.8, 4) is 5.75 Å². The summed E-state index contributed by atoms with van der Waals surface area (Å²) < 4.78 is 57.5. The number of methoxy groups -OCH3 is 1. The van der Waals surface area contributed by atoms with Crippen molar-refractivity contribution < 1.29 is 56.7 Å². The van der Waals surface area contributed by atoms with E-state index in [9.17, 15) is 14.4 Å². The number of rotatable bonds is 33. The van der Waals surface area contributed by atoms with Gasteiger partial charge in [0, 0.05) is 6.61 Å². The minimum Gasteiger partial charge on any atom is -0.497 e. The molecule has 0 unspecified atom stereocenters. The van der Waals surface area contributed by atoms with Crippen LogP contribution in [0.5, 0.6) is 5.75 Å². The van der Waals surface area contributed by atoms with Gasteiger partial charge >= 0.3 is 17.9 Å². The van der Waals surface area contributed by atoms with Crippen LogP contribution in [-0.4, -0.2) is 96.6 Å². The smallest absolute Gasteiger partial charge is 0.338 e. The van der Waals surface area contributed by atoms with Crippen LogP contribution in [0.1, 0.15) is 154 Å². The number of hydrogen-bond donors (Lipinski definition) is 0. The quantitative estimate of drug-likeness (QED) is 0.0195. The zero-order valence-corrected chi connectivity index (χ0v) is 45.8. The molecule has 0 radical (unpaired) electrons. The third-order valence-electron chi connectivity index (χ3n) is 13.7. The van der Waals surface area contributed by atoms with Gasteiger partial charge in [0.15, 0.2) is 26.8 Å². The zero-order chi connectivity index (χ0) is 52.3. The molecule has 1 aliphatic heterocycles. The van der Waals surface area contributed by atoms with Crippen LogP contribution in [0.2, 0.25) is 18.1 Å². The van der Waals surface area contributed by atoms with E-state index in [2.05, 4.69) is 40.8 Å². The monoisotopic (exact) mass is 1020 g/mol. The summed E-state index contributed by atoms with van der Waals surface area (Å²) in [5.41, 5.74) is 1.64. The molecule has 0 spiro atoms. The first-order valence-electron chi connectivity index (χ1n) is 26.8. The molecule has 400 valence electrons. The highest BCUT2D eigenvalue weighted by atomic mass is 28.4. The highest BCUT2D eigenvalue weighted by molar-refractivity contribution is 6.74. The Bertz CT molecular complexity index is 2150. The number of carbonyl (C=O) groups is 3. The molecule has 4 aromatic rings. The van der Waals surface area contributed by atoms with Gasteiger partial charge in [-0.3, -0.25) is 0 Å². The Balaban J connectivity index is 1.37. The van der Waals surface area contributed by atoms with E-state index in [0.717, 1.165) is 18.4 Å². The molecule has 13 heteroatoms. The third-order valence-corrected chi connectivity index (χ3v) is 18.3. The maximum absolute atomic E-state index is 14.1. The number of benzene rings is 4. The molecular formula is C60H84O12Si. The third kappa shape index (κ3) is 20.4. The molecule has 1 saturated heterocycles. The van der Waals surface area contributed by atoms with Crippen LogP contribution < -0.4 is 4.74 Å². The first-order chi connectivity index (χ1) is 35.3. The first-order valence-corrected chi connectivity index (χ1v) is 29.7. The van der Waals surface area contributed by atoms with E-state index in [4.69, 9.17) is 42.3 Å². The van der Waals surface area contributed by atoms with Gasteiger partial charge in [-0.25, -0.2) is 14.4 Å². The van der Waals surface area contributed by atoms with E-state index in [-0.39, 0.29) is 42.6 Å². The SMILES string of the molecule is CCCCCCCCCCCCCCCCOC[C@H](CO[C@@H]1O[C@H](COC(=O)c2ccccc2)[C@H](OC(=O)c2ccccc2)[C@H](OCc2ccc(OC)cc2)[C@H]1OC(=O)c1ccccc1)O[Si](C)(C)C(C)(C)C. The standard InChI is InChI=1S/C60H84O12Si/c1-8-9-10-11-12-13-14-15-16-17-18-19-20-30-41-65-43-51(72-73(6,7)60(2,3)4)44-68-59-55(71-58(63)49-35-28-23-29-36-49)54(66-42-46-37-39-50(64-5)40-38-46)53(70-57(62)48-33-26-22-27-34-48)52(69-59)45-67-56(61)47-31-24-21-25-32-47/h21-29,31-40,51-55,59H,8-20,30,41-45H2,1-7H3/t51-,52-,53+,54+,55-,59-/m1/s1. The second-order valence-electron chi connectivity index (χ2n) is 20.6. The fourth-order valence-electron chi connectivity index (χ4n) is 8.39. The van der Waals surface area contributed by atoms with E-state index < -0.39 is 63.0 Å². The Kier molecular flexibility index (Phi) is 25.7. The fourth-order valence-corrected chi connectivity index (χ4v) is 9.71. The molecule has 4 aromatic carbocycles. The topological polar surface area (TPSA) is 134 Å². The molecular weight excluding hydrogens is 941 g/mol. The maximum atomic E-state index is 14.1. The molecule has 0 amide bonds. The van der Waals surface area contributed by atoms with Crippen molar-refractivity contribution in [2.24, 2.45) is 0 Å². The lowest BCUT2D eigenvalue weighted by Crippen LogP contribution is -2.63. The number of ether oxygens (including phenoxy) is 8. The van der Waals surface area contributed by atoms with Crippen LogP contribution in [0.25, 0.3) is 0 Å². The number of esters is 3. The summed E-state index contributed by atoms with van der Waals surface area (Å²) in [6.07, 6.45) is 11.1. The van der Waals surface area contributed by atoms with Crippen molar-refractivity contribution in [2.75, 3.05) is 33.5 Å². The molecule has 12 nitrogen and oxygen atoms in total. The summed E-state index contributed by atoms with van der Waals surface area (Å²) in [6, 6.07) is 33.0. The van der Waals surface area contributed by atoms with E-state index in [1.807, 2.05) is 24.3 Å². The number of hydrogen-bond acceptors (Lipinski definition) is 12. The van der Waals surface area contributed by atoms with Crippen molar-refractivity contribution in [1.29, 1.82) is 0 Å². The highest BCUT2D eigenvalue weighted by Crippen LogP contribution is 2.38. The summed E-state index contributed by atoms with van der Waals surface area (Å²) in [4.78, 5) is 41.7. The van der Waals surface area contributed by atoms with Crippen LogP contribution in [0, 0.1) is 0 Å². The van der Waals surface area contributed by atoms with E-state index in [1.54, 1.807) is 98.1 Å². The molecule has 6 atom stereocenters. The van der Waals surface area contributed by atoms with Gasteiger partial charge in [-0.05, 0) is 78.6 Å². The van der Waals surface area contributed by atoms with Gasteiger partial charge in [0.05, 0.1) is 49.7 Å². The van der Waals surface area contributed by atoms with E-state index in [1.165, 1.54) is 77.0 Å². The van der Waals surface area contributed by atoms with Crippen LogP contribution in [0.15, 0.2) is 115 Å². The molecule has 5 rings (SSSR count). The average molecular weight is 1030 g/mol. The van der Waals surface area contributed by atoms with Gasteiger partial charge < -0.3 is 42.3 Å². The Hall–Kier alpha value is -4.89. The second-order valence-corrected chi connectivity index (χ2v) is 25.4. The van der Waals surface area contributed by atoms with Gasteiger partial charge in [-0.15, -0.1) is 0 Å². The summed E-state index contributed by atoms with van der Waals surface area (Å²) in [5, 5.41) is -0.126. The van der Waals surface area contributed by atoms with Crippen molar-refractivity contribution in [3.05, 3.63) is 138 Å². The predicted molar refractivity (Wildman–Crippen MR) is 287 cm³/mol. The highest BCUT2D eigenvalue weighted by Gasteiger charge is 2.52. The number of unbranched alkanes of at least 4 members (excludes halogenated alkanes) is 13. The lowest BCUT2D eigenvalue weighted by molar-refractivity contribution is -0.310. The number of carbonyl (C=O) groups excluding carboxylic acids is 3. The van der Waals surface area contributed by atoms with Crippen LogP contribution in [0.4, 0.5) is 0 Å². The Morgan fingerprint density at radius 2 is 1.05 bits per heavy atom. The lowest BCUT2D eigenvalue weighted by Gasteiger charge is -2.45. The molecule has 0 N–H and O–H groups in total. The lowest BCUT2D eigenvalue weighted by atomic mass is 9.97. The van der Waals surface area contributed by atoms with Crippen molar-refractivity contribution in [2.45, 2.75) is 179 Å². The van der Waals surface area contributed by atoms with Crippen LogP contribution in [-0.2, 0) is 44.2 Å². The van der Waals surface area contributed by atoms with Crippen molar-refractivity contribution in [3.63, 3.8) is 0 Å². The minimum atomic E-state index is -2.39. The van der Waals surface area contributed by atoms with Crippen LogP contribution >= 0.6 is 0 Å². The largest absolute Gasteiger partial charge is 0.497 e. The van der Waals surface area contributed by atoms with Gasteiger partial charge in [0.2, 0.25) is 0 Å². The van der Waals surface area contributed by atoms with Gasteiger partial charge in [0.25, 0.3) is 0 Å². The maximum Gasteiger partial charge on any atom is 0.338 e. The summed E-state index contributed by atoms with van der Waals surface area (Å²) in [6.45, 7) is 13.6. The molecule has 0 aromatic heterocycles. The minimum absolute atomic E-state index is 0.000875. The first kappa shape index (κ1) is 59.0. The Morgan fingerprint density at radius 3 is 1.55 bits per heavy atom. The summed E-state index contributed by atoms with van der Waals surface area (Å²) >= 11 is 0. The average Bonchev–Trinajstić information content (AvgIpc) is 3.40. The van der Waals surface area contributed by atoms with E-state index >= 15 is 0 Å². The summed E-state index contributed by atoms with van der Waals surface area (Å²) in [5.74, 6) is -1.31. The molecule has 1 aliphatic rings. The van der Waals surface area contributed by atoms with Gasteiger partial charge in [-0.1, -0.05) is 178 Å². The predicted octanol–water partition coefficient (Wildman–Crippen LogP) is 13.5. The molecule has 1 heterocycles. The Morgan fingerprint density at radius 1 is 0.575 bits per heavy atom. The molecule has 0 bridgehead atoms. The molecule has 1 fully saturated rings. The molecule has 0 saturated carbocycles. The van der Waals surface area contributed by atoms with Gasteiger partial charge in [0.1, 0.15) is 24.6 Å². The van der Waals surface area contributed by atoms with Crippen molar-refractivity contribution in [1.82, 2.24) is 0 Å². The van der Waals surface area contributed by atoms with Gasteiger partial charge in [-0.2, -0.15) is 0 Å². The van der Waals surface area contributed by atoms with Crippen molar-refractivity contribution >= 4 is 26.2 Å². The molecule has 0 aliphatic carbocycles. The summed E-state index contributed by atoms with van der Waals surface area (Å²) in [7, 11) is -0.803. The second kappa shape index (κ2) is 31.8. The Labute approximate surface area is 437 Å². The zero-order valence-electron chi connectivity index (χ0n) is 44.8. The normalized spacial score (nSPS) is 18.4. The van der Waals surface area contributed by atoms with Crippen LogP contribution in [0.3, 0.4) is 0 Å². The molecule has 73 heavy (non-hydrogen) atoms.